The number of thiophene rings is 1. The van der Waals surface area contributed by atoms with E-state index >= 15 is 0 Å². The summed E-state index contributed by atoms with van der Waals surface area (Å²) in [5, 5.41) is 1.80. The molecule has 0 spiro atoms. The molecule has 18 heavy (non-hydrogen) atoms. The number of aliphatic imine (C=N–C) groups is 1. The second-order valence-corrected chi connectivity index (χ2v) is 4.93. The molecule has 1 aromatic heterocycles. The average molecular weight is 258 g/mol. The highest BCUT2D eigenvalue weighted by Crippen LogP contribution is 2.31. The number of hydrogen-bond donors (Lipinski definition) is 0. The molecule has 92 valence electrons. The minimum atomic E-state index is 0.795. The van der Waals surface area contributed by atoms with E-state index in [9.17, 15) is 4.79 Å². The van der Waals surface area contributed by atoms with Gasteiger partial charge in [-0.25, -0.2) is 4.99 Å². The number of anilines is 1. The van der Waals surface area contributed by atoms with Gasteiger partial charge in [0, 0.05) is 12.8 Å². The van der Waals surface area contributed by atoms with E-state index in [4.69, 9.17) is 0 Å². The van der Waals surface area contributed by atoms with Crippen LogP contribution in [0.1, 0.15) is 12.5 Å². The quantitative estimate of drug-likeness (QED) is 0.610. The molecule has 1 aromatic carbocycles. The minimum Gasteiger partial charge on any atom is -0.310 e. The Hall–Kier alpha value is -1.94. The van der Waals surface area contributed by atoms with Crippen molar-refractivity contribution in [1.82, 2.24) is 0 Å². The van der Waals surface area contributed by atoms with E-state index in [1.165, 1.54) is 11.3 Å². The lowest BCUT2D eigenvalue weighted by Crippen LogP contribution is -2.11. The molecule has 0 saturated heterocycles. The molecule has 0 radical (unpaired) electrons. The Morgan fingerprint density at radius 1 is 1.22 bits per heavy atom. The van der Waals surface area contributed by atoms with Gasteiger partial charge in [-0.1, -0.05) is 41.7 Å². The van der Waals surface area contributed by atoms with Crippen LogP contribution in [0.4, 0.5) is 10.0 Å². The average Bonchev–Trinajstić information content (AvgIpc) is 2.87. The molecule has 1 amide bonds. The van der Waals surface area contributed by atoms with Crippen molar-refractivity contribution in [2.45, 2.75) is 6.92 Å². The van der Waals surface area contributed by atoms with Gasteiger partial charge in [0.15, 0.2) is 0 Å². The Labute approximate surface area is 110 Å². The van der Waals surface area contributed by atoms with Crippen molar-refractivity contribution >= 4 is 33.5 Å². The van der Waals surface area contributed by atoms with Crippen LogP contribution < -0.4 is 4.90 Å². The molecular weight excluding hydrogens is 244 g/mol. The zero-order valence-electron chi connectivity index (χ0n) is 10.3. The van der Waals surface area contributed by atoms with Crippen LogP contribution in [0, 0.1) is 0 Å². The summed E-state index contributed by atoms with van der Waals surface area (Å²) in [6.07, 6.45) is 0.795. The minimum absolute atomic E-state index is 0.795. The summed E-state index contributed by atoms with van der Waals surface area (Å²) in [6.45, 7) is 1.98. The fraction of sp³-hybridized carbons (Fsp3) is 0.143. The summed E-state index contributed by atoms with van der Waals surface area (Å²) in [7, 11) is 1.73. The molecule has 4 heteroatoms. The van der Waals surface area contributed by atoms with E-state index in [-0.39, 0.29) is 0 Å². The van der Waals surface area contributed by atoms with Gasteiger partial charge in [0.2, 0.25) is 6.41 Å². The van der Waals surface area contributed by atoms with Crippen molar-refractivity contribution in [2.75, 3.05) is 11.9 Å². The SMILES string of the molecule is C/C(=N\c1ccc(N(C)C=O)s1)c1ccccc1. The third-order valence-electron chi connectivity index (χ3n) is 2.55. The summed E-state index contributed by atoms with van der Waals surface area (Å²) >= 11 is 1.50. The van der Waals surface area contributed by atoms with Crippen LogP contribution in [0.15, 0.2) is 47.5 Å². The molecule has 3 nitrogen and oxygen atoms in total. The molecule has 1 heterocycles. The topological polar surface area (TPSA) is 32.7 Å². The Morgan fingerprint density at radius 2 is 1.94 bits per heavy atom. The first kappa shape index (κ1) is 12.5. The molecule has 0 N–H and O–H groups in total. The van der Waals surface area contributed by atoms with Gasteiger partial charge in [0.1, 0.15) is 5.00 Å². The van der Waals surface area contributed by atoms with Crippen LogP contribution in [0.3, 0.4) is 0 Å². The van der Waals surface area contributed by atoms with Crippen LogP contribution in [0.2, 0.25) is 0 Å². The van der Waals surface area contributed by atoms with Gasteiger partial charge in [-0.2, -0.15) is 0 Å². The van der Waals surface area contributed by atoms with Crippen molar-refractivity contribution < 1.29 is 4.79 Å². The van der Waals surface area contributed by atoms with Crippen molar-refractivity contribution in [1.29, 1.82) is 0 Å². The lowest BCUT2D eigenvalue weighted by Gasteiger charge is -2.04. The molecule has 2 rings (SSSR count). The Bertz CT molecular complexity index is 560. The highest BCUT2D eigenvalue weighted by atomic mass is 32.1. The number of carbonyl (C=O) groups excluding carboxylic acids is 1. The molecule has 0 unspecified atom stereocenters. The van der Waals surface area contributed by atoms with Crippen molar-refractivity contribution in [3.63, 3.8) is 0 Å². The largest absolute Gasteiger partial charge is 0.310 e. The van der Waals surface area contributed by atoms with Gasteiger partial charge in [-0.15, -0.1) is 0 Å². The van der Waals surface area contributed by atoms with E-state index in [1.54, 1.807) is 11.9 Å². The predicted molar refractivity (Wildman–Crippen MR) is 77.1 cm³/mol. The van der Waals surface area contributed by atoms with E-state index in [2.05, 4.69) is 4.99 Å². The summed E-state index contributed by atoms with van der Waals surface area (Å²) in [4.78, 5) is 16.8. The fourth-order valence-corrected chi connectivity index (χ4v) is 2.38. The second kappa shape index (κ2) is 5.60. The third-order valence-corrected chi connectivity index (χ3v) is 3.62. The standard InChI is InChI=1S/C14H14N2OS/c1-11(12-6-4-3-5-7-12)15-13-8-9-14(18-13)16(2)10-17/h3-10H,1-2H3/b15-11+. The van der Waals surface area contributed by atoms with Crippen LogP contribution >= 0.6 is 11.3 Å². The number of hydrogen-bond acceptors (Lipinski definition) is 3. The van der Waals surface area contributed by atoms with Gasteiger partial charge in [-0.05, 0) is 24.6 Å². The zero-order valence-corrected chi connectivity index (χ0v) is 11.1. The first-order valence-corrected chi connectivity index (χ1v) is 6.41. The van der Waals surface area contributed by atoms with Crippen LogP contribution in [0.5, 0.6) is 0 Å². The predicted octanol–water partition coefficient (Wildman–Crippen LogP) is 3.48. The maximum absolute atomic E-state index is 10.7. The fourth-order valence-electron chi connectivity index (χ4n) is 1.53. The van der Waals surface area contributed by atoms with Crippen molar-refractivity contribution in [2.24, 2.45) is 4.99 Å². The monoisotopic (exact) mass is 258 g/mol. The normalized spacial score (nSPS) is 11.3. The van der Waals surface area contributed by atoms with E-state index in [1.807, 2.05) is 49.4 Å². The first-order valence-electron chi connectivity index (χ1n) is 5.59. The highest BCUT2D eigenvalue weighted by Gasteiger charge is 2.04. The maximum atomic E-state index is 10.7. The molecule has 0 atom stereocenters. The highest BCUT2D eigenvalue weighted by molar-refractivity contribution is 7.19. The van der Waals surface area contributed by atoms with Crippen molar-refractivity contribution in [3.8, 4) is 0 Å². The molecule has 0 saturated carbocycles. The van der Waals surface area contributed by atoms with Crippen LogP contribution in [-0.4, -0.2) is 19.2 Å². The lowest BCUT2D eigenvalue weighted by molar-refractivity contribution is -0.107. The summed E-state index contributed by atoms with van der Waals surface area (Å²) in [6, 6.07) is 13.9. The molecular formula is C14H14N2OS. The Morgan fingerprint density at radius 3 is 2.61 bits per heavy atom. The molecule has 0 fully saturated rings. The Balaban J connectivity index is 2.23. The number of rotatable bonds is 4. The molecule has 2 aromatic rings. The van der Waals surface area contributed by atoms with Gasteiger partial charge in [-0.3, -0.25) is 4.79 Å². The van der Waals surface area contributed by atoms with E-state index in [0.717, 1.165) is 27.7 Å². The molecule has 0 aliphatic rings. The van der Waals surface area contributed by atoms with E-state index in [0.29, 0.717) is 0 Å². The molecule has 0 bridgehead atoms. The van der Waals surface area contributed by atoms with Gasteiger partial charge < -0.3 is 4.90 Å². The maximum Gasteiger partial charge on any atom is 0.214 e. The number of amides is 1. The van der Waals surface area contributed by atoms with Crippen LogP contribution in [0.25, 0.3) is 0 Å². The summed E-state index contributed by atoms with van der Waals surface area (Å²) in [5.41, 5.74) is 2.08. The number of nitrogens with zero attached hydrogens (tertiary/aromatic N) is 2. The number of benzene rings is 1. The first-order chi connectivity index (χ1) is 8.70. The lowest BCUT2D eigenvalue weighted by atomic mass is 10.1. The van der Waals surface area contributed by atoms with Crippen LogP contribution in [-0.2, 0) is 4.79 Å². The Kier molecular flexibility index (Phi) is 3.89. The van der Waals surface area contributed by atoms with Crippen molar-refractivity contribution in [3.05, 3.63) is 48.0 Å². The van der Waals surface area contributed by atoms with Gasteiger partial charge in [0.05, 0.1) is 5.00 Å². The third kappa shape index (κ3) is 2.84. The number of carbonyl (C=O) groups is 1. The summed E-state index contributed by atoms with van der Waals surface area (Å²) < 4.78 is 0. The smallest absolute Gasteiger partial charge is 0.214 e. The van der Waals surface area contributed by atoms with E-state index < -0.39 is 0 Å². The summed E-state index contributed by atoms with van der Waals surface area (Å²) in [5.74, 6) is 0. The van der Waals surface area contributed by atoms with Gasteiger partial charge >= 0.3 is 0 Å². The second-order valence-electron chi connectivity index (χ2n) is 3.89. The zero-order chi connectivity index (χ0) is 13.0. The molecule has 0 aliphatic heterocycles. The van der Waals surface area contributed by atoms with Gasteiger partial charge in [0.25, 0.3) is 0 Å². The molecule has 0 aliphatic carbocycles.